The summed E-state index contributed by atoms with van der Waals surface area (Å²) in [6.45, 7) is 5.10. The molecule has 11 nitrogen and oxygen atoms in total. The average molecular weight is 540 g/mol. The Kier molecular flexibility index (Phi) is 7.96. The summed E-state index contributed by atoms with van der Waals surface area (Å²) in [6, 6.07) is 13.8. The first-order valence-electron chi connectivity index (χ1n) is 11.7. The summed E-state index contributed by atoms with van der Waals surface area (Å²) in [4.78, 5) is 42.4. The van der Waals surface area contributed by atoms with Gasteiger partial charge in [-0.15, -0.1) is 0 Å². The molecule has 38 heavy (non-hydrogen) atoms. The van der Waals surface area contributed by atoms with Gasteiger partial charge in [-0.2, -0.15) is 4.98 Å². The van der Waals surface area contributed by atoms with E-state index >= 15 is 0 Å². The van der Waals surface area contributed by atoms with E-state index < -0.39 is 23.3 Å². The number of esters is 1. The quantitative estimate of drug-likeness (QED) is 0.313. The molecule has 12 heteroatoms. The summed E-state index contributed by atoms with van der Waals surface area (Å²) in [7, 11) is 1.25. The van der Waals surface area contributed by atoms with Crippen LogP contribution in [0.15, 0.2) is 62.6 Å². The van der Waals surface area contributed by atoms with Gasteiger partial charge in [0.1, 0.15) is 11.5 Å². The van der Waals surface area contributed by atoms with Crippen LogP contribution in [0.4, 0.5) is 11.6 Å². The van der Waals surface area contributed by atoms with E-state index in [0.29, 0.717) is 28.1 Å². The molecule has 0 spiro atoms. The number of aromatic nitrogens is 4. The summed E-state index contributed by atoms with van der Waals surface area (Å²) < 4.78 is 17.8. The largest absolute Gasteiger partial charge is 0.469 e. The zero-order valence-electron chi connectivity index (χ0n) is 21.2. The topological polar surface area (TPSA) is 130 Å². The second-order valence-corrected chi connectivity index (χ2v) is 9.17. The Balaban J connectivity index is 1.69. The number of benzene rings is 2. The number of hydrogen-bond acceptors (Lipinski definition) is 9. The van der Waals surface area contributed by atoms with E-state index in [2.05, 4.69) is 15.5 Å². The Morgan fingerprint density at radius 1 is 1.11 bits per heavy atom. The predicted octanol–water partition coefficient (Wildman–Crippen LogP) is 4.06. The Bertz CT molecular complexity index is 1570. The van der Waals surface area contributed by atoms with Crippen molar-refractivity contribution < 1.29 is 18.8 Å². The number of anilines is 2. The van der Waals surface area contributed by atoms with E-state index in [0.717, 1.165) is 15.7 Å². The van der Waals surface area contributed by atoms with Crippen molar-refractivity contribution >= 4 is 29.2 Å². The first-order valence-corrected chi connectivity index (χ1v) is 12.0. The lowest BCUT2D eigenvalue weighted by molar-refractivity contribution is -0.145. The summed E-state index contributed by atoms with van der Waals surface area (Å²) in [5, 5.41) is 7.44. The lowest BCUT2D eigenvalue weighted by atomic mass is 10.2. The number of nitrogens with zero attached hydrogens (tertiary/aromatic N) is 4. The third-order valence-corrected chi connectivity index (χ3v) is 5.97. The lowest BCUT2D eigenvalue weighted by Gasteiger charge is -2.17. The zero-order valence-corrected chi connectivity index (χ0v) is 22.0. The molecule has 0 saturated heterocycles. The van der Waals surface area contributed by atoms with Crippen molar-refractivity contribution in [3.8, 4) is 11.6 Å². The molecule has 0 amide bonds. The number of aryl methyl sites for hydroxylation is 2. The number of rotatable bonds is 9. The highest BCUT2D eigenvalue weighted by Crippen LogP contribution is 2.28. The maximum absolute atomic E-state index is 13.5. The van der Waals surface area contributed by atoms with Crippen molar-refractivity contribution in [3.63, 3.8) is 0 Å². The van der Waals surface area contributed by atoms with Gasteiger partial charge in [0.25, 0.3) is 5.88 Å². The van der Waals surface area contributed by atoms with Crippen molar-refractivity contribution in [1.82, 2.24) is 19.3 Å². The molecule has 4 rings (SSSR count). The third-order valence-electron chi connectivity index (χ3n) is 5.72. The summed E-state index contributed by atoms with van der Waals surface area (Å²) in [5.74, 6) is 0.283. The van der Waals surface area contributed by atoms with Gasteiger partial charge >= 0.3 is 17.3 Å². The molecular weight excluding hydrogens is 514 g/mol. The van der Waals surface area contributed by atoms with Crippen molar-refractivity contribution in [2.24, 2.45) is 5.92 Å². The van der Waals surface area contributed by atoms with Gasteiger partial charge in [0.05, 0.1) is 19.6 Å². The van der Waals surface area contributed by atoms with E-state index in [1.807, 2.05) is 6.92 Å². The standard InChI is InChI=1S/C26H26ClN5O6/c1-15-11-20(9-10-21(15)37-22-12-17(3)38-30-22)28-24-29-25(34)32(13-16(2)23(33)36-4)26(35)31(24)14-18-5-7-19(27)8-6-18/h5-12,16H,13-14H2,1-4H3,(H,28,29,34)/t16-/m0/s1. The molecule has 0 aliphatic rings. The van der Waals surface area contributed by atoms with Gasteiger partial charge in [0.2, 0.25) is 5.95 Å². The summed E-state index contributed by atoms with van der Waals surface area (Å²) in [6.07, 6.45) is 0. The van der Waals surface area contributed by atoms with Crippen LogP contribution in [0.1, 0.15) is 23.8 Å². The fraction of sp³-hybridized carbons (Fsp3) is 0.269. The molecule has 2 heterocycles. The van der Waals surface area contributed by atoms with E-state index in [-0.39, 0.29) is 19.0 Å². The van der Waals surface area contributed by atoms with Crippen LogP contribution in [0, 0.1) is 19.8 Å². The lowest BCUT2D eigenvalue weighted by Crippen LogP contribution is -2.44. The zero-order chi connectivity index (χ0) is 27.4. The molecule has 0 fully saturated rings. The Hall–Kier alpha value is -4.38. The summed E-state index contributed by atoms with van der Waals surface area (Å²) >= 11 is 6.01. The average Bonchev–Trinajstić information content (AvgIpc) is 3.30. The number of ether oxygens (including phenoxy) is 2. The van der Waals surface area contributed by atoms with Gasteiger partial charge in [0, 0.05) is 23.3 Å². The number of halogens is 1. The van der Waals surface area contributed by atoms with Crippen LogP contribution in [0.25, 0.3) is 0 Å². The fourth-order valence-corrected chi connectivity index (χ4v) is 3.85. The molecule has 0 saturated carbocycles. The maximum Gasteiger partial charge on any atom is 0.354 e. The second-order valence-electron chi connectivity index (χ2n) is 8.73. The fourth-order valence-electron chi connectivity index (χ4n) is 3.72. The molecule has 0 unspecified atom stereocenters. The van der Waals surface area contributed by atoms with Crippen molar-refractivity contribution in [3.05, 3.63) is 91.4 Å². The van der Waals surface area contributed by atoms with Gasteiger partial charge in [0.15, 0.2) is 0 Å². The smallest absolute Gasteiger partial charge is 0.354 e. The number of carbonyl (C=O) groups is 1. The minimum atomic E-state index is -0.793. The van der Waals surface area contributed by atoms with Gasteiger partial charge < -0.3 is 19.3 Å². The van der Waals surface area contributed by atoms with Crippen LogP contribution in [0.2, 0.25) is 5.02 Å². The molecule has 2 aromatic carbocycles. The van der Waals surface area contributed by atoms with Crippen LogP contribution < -0.4 is 21.4 Å². The maximum atomic E-state index is 13.5. The molecule has 0 aliphatic carbocycles. The highest BCUT2D eigenvalue weighted by Gasteiger charge is 2.20. The van der Waals surface area contributed by atoms with E-state index in [1.54, 1.807) is 62.4 Å². The predicted molar refractivity (Wildman–Crippen MR) is 140 cm³/mol. The highest BCUT2D eigenvalue weighted by molar-refractivity contribution is 6.30. The highest BCUT2D eigenvalue weighted by atomic mass is 35.5. The van der Waals surface area contributed by atoms with Crippen LogP contribution >= 0.6 is 11.6 Å². The first kappa shape index (κ1) is 26.7. The van der Waals surface area contributed by atoms with Gasteiger partial charge in [-0.25, -0.2) is 14.2 Å². The number of hydrogen-bond donors (Lipinski definition) is 1. The van der Waals surface area contributed by atoms with E-state index in [9.17, 15) is 14.4 Å². The minimum Gasteiger partial charge on any atom is -0.469 e. The van der Waals surface area contributed by atoms with Gasteiger partial charge in [-0.1, -0.05) is 30.7 Å². The monoisotopic (exact) mass is 539 g/mol. The van der Waals surface area contributed by atoms with Crippen molar-refractivity contribution in [1.29, 1.82) is 0 Å². The number of nitrogens with one attached hydrogen (secondary N) is 1. The Morgan fingerprint density at radius 3 is 2.47 bits per heavy atom. The Labute approximate surface area is 222 Å². The van der Waals surface area contributed by atoms with Crippen molar-refractivity contribution in [2.45, 2.75) is 33.9 Å². The molecular formula is C26H26ClN5O6. The summed E-state index contributed by atoms with van der Waals surface area (Å²) in [5.41, 5.74) is 0.677. The van der Waals surface area contributed by atoms with Crippen LogP contribution in [-0.2, 0) is 22.6 Å². The molecule has 0 radical (unpaired) electrons. The molecule has 0 aliphatic heterocycles. The van der Waals surface area contributed by atoms with Gasteiger partial charge in [-0.05, 0) is 60.5 Å². The molecule has 1 atom stereocenters. The number of methoxy groups -OCH3 is 1. The first-order chi connectivity index (χ1) is 18.1. The van der Waals surface area contributed by atoms with E-state index in [4.69, 9.17) is 25.6 Å². The van der Waals surface area contributed by atoms with Crippen LogP contribution in [0.5, 0.6) is 11.6 Å². The molecule has 0 bridgehead atoms. The molecule has 198 valence electrons. The normalized spacial score (nSPS) is 11.7. The minimum absolute atomic E-state index is 0.0390. The SMILES string of the molecule is COC(=O)[C@@H](C)Cn1c(=O)nc(Nc2ccc(Oc3cc(C)on3)c(C)c2)n(Cc2ccc(Cl)cc2)c1=O. The molecule has 1 N–H and O–H groups in total. The van der Waals surface area contributed by atoms with Crippen LogP contribution in [-0.4, -0.2) is 32.4 Å². The van der Waals surface area contributed by atoms with Gasteiger partial charge in [-0.3, -0.25) is 9.36 Å². The number of carbonyl (C=O) groups excluding carboxylic acids is 1. The molecule has 4 aromatic rings. The Morgan fingerprint density at radius 2 is 1.84 bits per heavy atom. The second kappa shape index (κ2) is 11.3. The van der Waals surface area contributed by atoms with Crippen LogP contribution in [0.3, 0.4) is 0 Å². The molecule has 2 aromatic heterocycles. The van der Waals surface area contributed by atoms with Crippen molar-refractivity contribution in [2.75, 3.05) is 12.4 Å². The third kappa shape index (κ3) is 6.12. The van der Waals surface area contributed by atoms with E-state index in [1.165, 1.54) is 11.7 Å².